The van der Waals surface area contributed by atoms with E-state index < -0.39 is 0 Å². The lowest BCUT2D eigenvalue weighted by molar-refractivity contribution is 0.364. The summed E-state index contributed by atoms with van der Waals surface area (Å²) in [5, 5.41) is 4.86. The average Bonchev–Trinajstić information content (AvgIpc) is 2.51. The van der Waals surface area contributed by atoms with E-state index in [2.05, 4.69) is 38.7 Å². The Bertz CT molecular complexity index is 169. The Morgan fingerprint density at radius 3 is 2.75 bits per heavy atom. The highest BCUT2D eigenvalue weighted by Gasteiger charge is 2.34. The molecule has 1 N–H and O–H groups in total. The van der Waals surface area contributed by atoms with Crippen LogP contribution in [-0.2, 0) is 0 Å². The number of hydrogen-bond acceptors (Lipinski definition) is 2. The van der Waals surface area contributed by atoms with Gasteiger partial charge >= 0.3 is 0 Å². The van der Waals surface area contributed by atoms with E-state index in [1.807, 2.05) is 11.8 Å². The summed E-state index contributed by atoms with van der Waals surface area (Å²) in [4.78, 5) is 0. The van der Waals surface area contributed by atoms with Crippen molar-refractivity contribution in [1.82, 2.24) is 5.32 Å². The van der Waals surface area contributed by atoms with E-state index in [0.29, 0.717) is 5.37 Å². The summed E-state index contributed by atoms with van der Waals surface area (Å²) in [6, 6.07) is 0. The van der Waals surface area contributed by atoms with Crippen LogP contribution < -0.4 is 5.32 Å². The fourth-order valence-electron chi connectivity index (χ4n) is 1.43. The minimum Gasteiger partial charge on any atom is -0.304 e. The van der Waals surface area contributed by atoms with Crippen molar-refractivity contribution >= 4 is 11.8 Å². The van der Waals surface area contributed by atoms with Crippen molar-refractivity contribution in [1.29, 1.82) is 0 Å². The largest absolute Gasteiger partial charge is 0.304 e. The Labute approximate surface area is 80.0 Å². The second-order valence-electron chi connectivity index (χ2n) is 3.80. The minimum absolute atomic E-state index is 0.259. The third kappa shape index (κ3) is 1.86. The summed E-state index contributed by atoms with van der Waals surface area (Å²) in [5.74, 6) is 0. The van der Waals surface area contributed by atoms with Crippen molar-refractivity contribution in [2.75, 3.05) is 6.54 Å². The molecule has 0 saturated carbocycles. The first-order chi connectivity index (χ1) is 5.62. The highest BCUT2D eigenvalue weighted by Crippen LogP contribution is 2.38. The van der Waals surface area contributed by atoms with Gasteiger partial charge in [-0.05, 0) is 6.42 Å². The summed E-state index contributed by atoms with van der Waals surface area (Å²) in [7, 11) is 0. The lowest BCUT2D eigenvalue weighted by Crippen LogP contribution is -2.35. The molecule has 1 aliphatic rings. The number of hydrogen-bond donors (Lipinski definition) is 1. The van der Waals surface area contributed by atoms with Gasteiger partial charge in [0.1, 0.15) is 0 Å². The Morgan fingerprint density at radius 1 is 1.75 bits per heavy atom. The van der Waals surface area contributed by atoms with E-state index in [-0.39, 0.29) is 5.41 Å². The fraction of sp³-hybridized carbons (Fsp3) is 0.800. The highest BCUT2D eigenvalue weighted by atomic mass is 32.2. The van der Waals surface area contributed by atoms with E-state index in [9.17, 15) is 0 Å². The summed E-state index contributed by atoms with van der Waals surface area (Å²) in [5.41, 5.74) is 0.259. The molecule has 1 heterocycles. The van der Waals surface area contributed by atoms with E-state index in [1.165, 1.54) is 0 Å². The quantitative estimate of drug-likeness (QED) is 0.678. The van der Waals surface area contributed by atoms with Gasteiger partial charge in [-0.2, -0.15) is 0 Å². The van der Waals surface area contributed by atoms with Gasteiger partial charge in [0, 0.05) is 17.2 Å². The summed E-state index contributed by atoms with van der Waals surface area (Å²) < 4.78 is 0. The molecule has 1 fully saturated rings. The van der Waals surface area contributed by atoms with Crippen molar-refractivity contribution in [2.24, 2.45) is 5.41 Å². The first kappa shape index (κ1) is 10.1. The molecule has 0 bridgehead atoms. The molecule has 1 rings (SSSR count). The molecular formula is C10H19NS. The molecule has 2 heteroatoms. The third-order valence-corrected chi connectivity index (χ3v) is 4.39. The van der Waals surface area contributed by atoms with Crippen molar-refractivity contribution in [3.63, 3.8) is 0 Å². The predicted molar refractivity (Wildman–Crippen MR) is 57.4 cm³/mol. The average molecular weight is 185 g/mol. The monoisotopic (exact) mass is 185 g/mol. The topological polar surface area (TPSA) is 12.0 Å². The van der Waals surface area contributed by atoms with Crippen molar-refractivity contribution in [2.45, 2.75) is 37.8 Å². The number of thioether (sulfide) groups is 1. The Balaban J connectivity index is 2.61. The number of rotatable bonds is 3. The molecule has 1 nitrogen and oxygen atoms in total. The molecule has 1 saturated heterocycles. The van der Waals surface area contributed by atoms with Gasteiger partial charge in [0.25, 0.3) is 0 Å². The van der Waals surface area contributed by atoms with Gasteiger partial charge in [0.2, 0.25) is 0 Å². The van der Waals surface area contributed by atoms with Crippen molar-refractivity contribution in [3.8, 4) is 0 Å². The highest BCUT2D eigenvalue weighted by molar-refractivity contribution is 8.00. The molecule has 1 aliphatic heterocycles. The van der Waals surface area contributed by atoms with Crippen molar-refractivity contribution in [3.05, 3.63) is 12.7 Å². The number of nitrogens with one attached hydrogen (secondary N) is 1. The SMILES string of the molecule is C=CC(C)(CC)C1NCC(C)S1. The van der Waals surface area contributed by atoms with Crippen LogP contribution >= 0.6 is 11.8 Å². The molecule has 12 heavy (non-hydrogen) atoms. The van der Waals surface area contributed by atoms with Crippen LogP contribution in [0.5, 0.6) is 0 Å². The van der Waals surface area contributed by atoms with Crippen LogP contribution in [0.3, 0.4) is 0 Å². The maximum atomic E-state index is 3.92. The maximum absolute atomic E-state index is 3.92. The molecule has 0 aromatic carbocycles. The Kier molecular flexibility index (Phi) is 3.24. The van der Waals surface area contributed by atoms with Crippen LogP contribution in [0.25, 0.3) is 0 Å². The molecule has 0 aliphatic carbocycles. The summed E-state index contributed by atoms with van der Waals surface area (Å²) in [6.45, 7) is 11.8. The standard InChI is InChI=1S/C10H19NS/c1-5-10(4,6-2)9-11-7-8(3)12-9/h5,8-9,11H,1,6-7H2,2-4H3. The first-order valence-corrected chi connectivity index (χ1v) is 5.59. The van der Waals surface area contributed by atoms with Crippen molar-refractivity contribution < 1.29 is 0 Å². The van der Waals surface area contributed by atoms with Crippen LogP contribution in [0.1, 0.15) is 27.2 Å². The molecule has 0 amide bonds. The van der Waals surface area contributed by atoms with Crippen LogP contribution in [0, 0.1) is 5.41 Å². The molecule has 0 radical (unpaired) electrons. The van der Waals surface area contributed by atoms with Gasteiger partial charge in [-0.1, -0.05) is 26.8 Å². The normalized spacial score (nSPS) is 34.6. The van der Waals surface area contributed by atoms with Gasteiger partial charge in [0.15, 0.2) is 0 Å². The second-order valence-corrected chi connectivity index (χ2v) is 5.35. The van der Waals surface area contributed by atoms with Crippen LogP contribution in [0.4, 0.5) is 0 Å². The van der Waals surface area contributed by atoms with Gasteiger partial charge < -0.3 is 5.32 Å². The van der Waals surface area contributed by atoms with Crippen LogP contribution in [0.15, 0.2) is 12.7 Å². The lowest BCUT2D eigenvalue weighted by atomic mass is 9.87. The van der Waals surface area contributed by atoms with E-state index >= 15 is 0 Å². The van der Waals surface area contributed by atoms with E-state index in [1.54, 1.807) is 0 Å². The molecule has 70 valence electrons. The van der Waals surface area contributed by atoms with Crippen LogP contribution in [0.2, 0.25) is 0 Å². The molecular weight excluding hydrogens is 166 g/mol. The Hall–Kier alpha value is 0.0500. The fourth-order valence-corrected chi connectivity index (χ4v) is 2.85. The van der Waals surface area contributed by atoms with Gasteiger partial charge in [-0.3, -0.25) is 0 Å². The molecule has 3 unspecified atom stereocenters. The van der Waals surface area contributed by atoms with Gasteiger partial charge in [0.05, 0.1) is 5.37 Å². The zero-order valence-corrected chi connectivity index (χ0v) is 9.08. The van der Waals surface area contributed by atoms with Gasteiger partial charge in [-0.25, -0.2) is 0 Å². The summed E-state index contributed by atoms with van der Waals surface area (Å²) >= 11 is 2.04. The molecule has 0 aromatic heterocycles. The van der Waals surface area contributed by atoms with E-state index in [0.717, 1.165) is 18.2 Å². The zero-order valence-electron chi connectivity index (χ0n) is 8.26. The summed E-state index contributed by atoms with van der Waals surface area (Å²) in [6.07, 6.45) is 3.25. The van der Waals surface area contributed by atoms with E-state index in [4.69, 9.17) is 0 Å². The molecule has 0 spiro atoms. The maximum Gasteiger partial charge on any atom is 0.0624 e. The lowest BCUT2D eigenvalue weighted by Gasteiger charge is -2.30. The predicted octanol–water partition coefficient (Wildman–Crippen LogP) is 2.64. The molecule has 3 atom stereocenters. The first-order valence-electron chi connectivity index (χ1n) is 4.65. The third-order valence-electron chi connectivity index (χ3n) is 2.79. The zero-order chi connectivity index (χ0) is 9.19. The molecule has 0 aromatic rings. The Morgan fingerprint density at radius 2 is 2.42 bits per heavy atom. The minimum atomic E-state index is 0.259. The smallest absolute Gasteiger partial charge is 0.0624 e. The second kappa shape index (κ2) is 3.84. The van der Waals surface area contributed by atoms with Gasteiger partial charge in [-0.15, -0.1) is 18.3 Å². The van der Waals surface area contributed by atoms with Crippen LogP contribution in [-0.4, -0.2) is 17.2 Å².